The largest absolute Gasteiger partial charge is 0.480 e. The van der Waals surface area contributed by atoms with Gasteiger partial charge in [-0.3, -0.25) is 4.98 Å². The van der Waals surface area contributed by atoms with Gasteiger partial charge in [-0.2, -0.15) is 4.98 Å². The number of hydrogen-bond donors (Lipinski definition) is 0. The van der Waals surface area contributed by atoms with Gasteiger partial charge in [0.25, 0.3) is 0 Å². The van der Waals surface area contributed by atoms with Crippen LogP contribution in [0.2, 0.25) is 0 Å². The van der Waals surface area contributed by atoms with Crippen molar-refractivity contribution in [3.05, 3.63) is 47.2 Å². The number of rotatable bonds is 3. The summed E-state index contributed by atoms with van der Waals surface area (Å²) in [4.78, 5) is 12.5. The van der Waals surface area contributed by atoms with Gasteiger partial charge >= 0.3 is 6.01 Å². The fraction of sp³-hybridized carbons (Fsp3) is 0.0714. The van der Waals surface area contributed by atoms with Crippen molar-refractivity contribution in [1.29, 1.82) is 0 Å². The van der Waals surface area contributed by atoms with Crippen molar-refractivity contribution in [2.75, 3.05) is 7.11 Å². The van der Waals surface area contributed by atoms with E-state index in [1.165, 1.54) is 7.11 Å². The van der Waals surface area contributed by atoms with Crippen molar-refractivity contribution < 1.29 is 9.47 Å². The van der Waals surface area contributed by atoms with Crippen molar-refractivity contribution in [3.63, 3.8) is 0 Å². The first-order valence-electron chi connectivity index (χ1n) is 5.85. The Kier molecular flexibility index (Phi) is 3.47. The van der Waals surface area contributed by atoms with Crippen LogP contribution in [-0.2, 0) is 0 Å². The molecular formula is C14H10BrN3O2. The van der Waals surface area contributed by atoms with Gasteiger partial charge < -0.3 is 9.47 Å². The highest BCUT2D eigenvalue weighted by Gasteiger charge is 2.07. The Bertz CT molecular complexity index is 764. The first-order valence-corrected chi connectivity index (χ1v) is 6.65. The molecule has 0 saturated heterocycles. The third-order valence-corrected chi connectivity index (χ3v) is 3.20. The summed E-state index contributed by atoms with van der Waals surface area (Å²) in [5, 5.41) is 0.995. The number of ether oxygens (including phenoxy) is 2. The van der Waals surface area contributed by atoms with E-state index in [0.29, 0.717) is 16.1 Å². The summed E-state index contributed by atoms with van der Waals surface area (Å²) in [6.45, 7) is 0. The Morgan fingerprint density at radius 3 is 2.80 bits per heavy atom. The van der Waals surface area contributed by atoms with Crippen LogP contribution in [0, 0.1) is 0 Å². The first-order chi connectivity index (χ1) is 9.76. The molecule has 0 N–H and O–H groups in total. The number of benzene rings is 1. The Labute approximate surface area is 123 Å². The minimum atomic E-state index is 0.210. The molecule has 0 aliphatic heterocycles. The molecule has 0 radical (unpaired) electrons. The van der Waals surface area contributed by atoms with Gasteiger partial charge in [0.15, 0.2) is 0 Å². The molecule has 0 spiro atoms. The minimum Gasteiger partial charge on any atom is -0.480 e. The van der Waals surface area contributed by atoms with Crippen LogP contribution in [0.5, 0.6) is 17.6 Å². The van der Waals surface area contributed by atoms with E-state index in [2.05, 4.69) is 30.9 Å². The molecule has 3 rings (SSSR count). The molecule has 20 heavy (non-hydrogen) atoms. The lowest BCUT2D eigenvalue weighted by Crippen LogP contribution is -1.96. The highest BCUT2D eigenvalue weighted by Crippen LogP contribution is 2.26. The molecule has 1 aromatic carbocycles. The van der Waals surface area contributed by atoms with Crippen LogP contribution < -0.4 is 9.47 Å². The summed E-state index contributed by atoms with van der Waals surface area (Å²) in [6, 6.07) is 9.91. The molecule has 100 valence electrons. The second-order valence-corrected chi connectivity index (χ2v) is 4.83. The average Bonchev–Trinajstić information content (AvgIpc) is 2.49. The van der Waals surface area contributed by atoms with E-state index < -0.39 is 0 Å². The normalized spacial score (nSPS) is 10.5. The zero-order valence-corrected chi connectivity index (χ0v) is 12.2. The number of fused-ring (bicyclic) bond motifs is 1. The quantitative estimate of drug-likeness (QED) is 0.734. The smallest absolute Gasteiger partial charge is 0.325 e. The third kappa shape index (κ3) is 2.55. The standard InChI is InChI=1S/C14H10BrN3O2/c1-19-13-11(15)8-17-14(18-13)20-10-6-9-4-2-3-5-12(9)16-7-10/h2-8H,1H3. The number of aromatic nitrogens is 3. The summed E-state index contributed by atoms with van der Waals surface area (Å²) in [6.07, 6.45) is 3.22. The summed E-state index contributed by atoms with van der Waals surface area (Å²) in [7, 11) is 1.54. The van der Waals surface area contributed by atoms with E-state index in [9.17, 15) is 0 Å². The van der Waals surface area contributed by atoms with Crippen molar-refractivity contribution >= 4 is 26.8 Å². The van der Waals surface area contributed by atoms with Crippen molar-refractivity contribution in [1.82, 2.24) is 15.0 Å². The molecule has 6 heteroatoms. The summed E-state index contributed by atoms with van der Waals surface area (Å²) in [5.74, 6) is 0.997. The molecule has 0 aliphatic carbocycles. The number of methoxy groups -OCH3 is 1. The monoisotopic (exact) mass is 331 g/mol. The zero-order valence-electron chi connectivity index (χ0n) is 10.6. The summed E-state index contributed by atoms with van der Waals surface area (Å²) < 4.78 is 11.4. The maximum atomic E-state index is 5.60. The molecule has 3 aromatic rings. The second-order valence-electron chi connectivity index (χ2n) is 3.98. The highest BCUT2D eigenvalue weighted by atomic mass is 79.9. The van der Waals surface area contributed by atoms with E-state index in [-0.39, 0.29) is 6.01 Å². The summed E-state index contributed by atoms with van der Waals surface area (Å²) >= 11 is 3.29. The summed E-state index contributed by atoms with van der Waals surface area (Å²) in [5.41, 5.74) is 0.911. The number of nitrogens with zero attached hydrogens (tertiary/aromatic N) is 3. The maximum Gasteiger partial charge on any atom is 0.325 e. The van der Waals surface area contributed by atoms with Gasteiger partial charge in [-0.05, 0) is 28.1 Å². The molecule has 0 atom stereocenters. The fourth-order valence-electron chi connectivity index (χ4n) is 1.74. The first kappa shape index (κ1) is 12.8. The molecular weight excluding hydrogens is 322 g/mol. The Morgan fingerprint density at radius 1 is 1.10 bits per heavy atom. The maximum absolute atomic E-state index is 5.60. The van der Waals surface area contributed by atoms with Gasteiger partial charge in [-0.25, -0.2) is 4.98 Å². The lowest BCUT2D eigenvalue weighted by atomic mass is 10.2. The number of hydrogen-bond acceptors (Lipinski definition) is 5. The van der Waals surface area contributed by atoms with Crippen molar-refractivity contribution in [3.8, 4) is 17.6 Å². The third-order valence-electron chi connectivity index (χ3n) is 2.66. The fourth-order valence-corrected chi connectivity index (χ4v) is 2.09. The van der Waals surface area contributed by atoms with Crippen molar-refractivity contribution in [2.24, 2.45) is 0 Å². The molecule has 0 unspecified atom stereocenters. The Balaban J connectivity index is 1.92. The van der Waals surface area contributed by atoms with E-state index in [4.69, 9.17) is 9.47 Å². The van der Waals surface area contributed by atoms with E-state index in [0.717, 1.165) is 10.9 Å². The Morgan fingerprint density at radius 2 is 1.95 bits per heavy atom. The van der Waals surface area contributed by atoms with Gasteiger partial charge in [0.1, 0.15) is 5.75 Å². The molecule has 0 saturated carbocycles. The number of halogens is 1. The lowest BCUT2D eigenvalue weighted by Gasteiger charge is -2.06. The van der Waals surface area contributed by atoms with E-state index in [1.54, 1.807) is 12.4 Å². The van der Waals surface area contributed by atoms with Gasteiger partial charge in [0.05, 0.1) is 29.5 Å². The molecule has 5 nitrogen and oxygen atoms in total. The highest BCUT2D eigenvalue weighted by molar-refractivity contribution is 9.10. The van der Waals surface area contributed by atoms with Gasteiger partial charge in [0, 0.05) is 5.39 Å². The van der Waals surface area contributed by atoms with Crippen LogP contribution in [0.1, 0.15) is 0 Å². The second kappa shape index (κ2) is 5.42. The molecule has 2 aromatic heterocycles. The van der Waals surface area contributed by atoms with Crippen LogP contribution >= 0.6 is 15.9 Å². The lowest BCUT2D eigenvalue weighted by molar-refractivity contribution is 0.373. The SMILES string of the molecule is COc1nc(Oc2cnc3ccccc3c2)ncc1Br. The van der Waals surface area contributed by atoms with Crippen molar-refractivity contribution in [2.45, 2.75) is 0 Å². The van der Waals surface area contributed by atoms with Gasteiger partial charge in [-0.15, -0.1) is 0 Å². The van der Waals surface area contributed by atoms with E-state index >= 15 is 0 Å². The Hall–Kier alpha value is -2.21. The average molecular weight is 332 g/mol. The van der Waals surface area contributed by atoms with Crippen LogP contribution in [0.25, 0.3) is 10.9 Å². The van der Waals surface area contributed by atoms with E-state index in [1.807, 2.05) is 30.3 Å². The predicted octanol–water partition coefficient (Wildman–Crippen LogP) is 3.59. The minimum absolute atomic E-state index is 0.210. The van der Waals surface area contributed by atoms with Crippen LogP contribution in [-0.4, -0.2) is 22.1 Å². The molecule has 0 fully saturated rings. The van der Waals surface area contributed by atoms with Gasteiger partial charge in [-0.1, -0.05) is 18.2 Å². The van der Waals surface area contributed by atoms with Crippen LogP contribution in [0.4, 0.5) is 0 Å². The molecule has 0 amide bonds. The van der Waals surface area contributed by atoms with Crippen LogP contribution in [0.15, 0.2) is 47.2 Å². The molecule has 2 heterocycles. The van der Waals surface area contributed by atoms with Crippen LogP contribution in [0.3, 0.4) is 0 Å². The molecule has 0 aliphatic rings. The topological polar surface area (TPSA) is 57.1 Å². The number of pyridine rings is 1. The van der Waals surface area contributed by atoms with Gasteiger partial charge in [0.2, 0.25) is 5.88 Å². The number of para-hydroxylation sites is 1. The molecule has 0 bridgehead atoms. The predicted molar refractivity (Wildman–Crippen MR) is 78.1 cm³/mol. The zero-order chi connectivity index (χ0) is 13.9.